The fraction of sp³-hybridized carbons (Fsp3) is 0.164. The first-order valence-electron chi connectivity index (χ1n) is 20.9. The van der Waals surface area contributed by atoms with Crippen LogP contribution in [0.3, 0.4) is 0 Å². The smallest absolute Gasteiger partial charge is 0.160 e. The molecule has 0 aliphatic heterocycles. The van der Waals surface area contributed by atoms with E-state index >= 15 is 0 Å². The van der Waals surface area contributed by atoms with E-state index in [0.717, 1.165) is 50.0 Å². The average molecular weight is 747 g/mol. The van der Waals surface area contributed by atoms with Gasteiger partial charge in [0, 0.05) is 38.3 Å². The average Bonchev–Trinajstić information content (AvgIpc) is 3.86. The molecular formula is C55H42N2O. The molecule has 278 valence electrons. The predicted molar refractivity (Wildman–Crippen MR) is 238 cm³/mol. The highest BCUT2D eigenvalue weighted by atomic mass is 16.3. The number of furan rings is 1. The van der Waals surface area contributed by atoms with E-state index in [2.05, 4.69) is 141 Å². The van der Waals surface area contributed by atoms with Crippen LogP contribution in [-0.2, 0) is 10.8 Å². The van der Waals surface area contributed by atoms with Gasteiger partial charge in [0.25, 0.3) is 0 Å². The van der Waals surface area contributed by atoms with Gasteiger partial charge in [-0.15, -0.1) is 0 Å². The lowest BCUT2D eigenvalue weighted by atomic mass is 9.67. The molecule has 58 heavy (non-hydrogen) atoms. The normalized spacial score (nSPS) is 15.7. The van der Waals surface area contributed by atoms with Crippen LogP contribution in [0.5, 0.6) is 0 Å². The minimum absolute atomic E-state index is 0.0894. The molecule has 1 spiro atoms. The molecule has 3 heteroatoms. The van der Waals surface area contributed by atoms with Crippen LogP contribution in [0.1, 0.15) is 68.2 Å². The molecule has 0 amide bonds. The summed E-state index contributed by atoms with van der Waals surface area (Å²) < 4.78 is 6.30. The SMILES string of the molecule is CC1(C)c2ccc(-c3cccc(-c4cc(-c5ccc6c(c5)oc5ccccc56)nc(-c5ccccc5)n4)c3)cc2-c2cc3c(cc21)-c1ccccc1C31CCCCC1. The number of fused-ring (bicyclic) bond motifs is 11. The number of aromatic nitrogens is 2. The van der Waals surface area contributed by atoms with Crippen molar-refractivity contribution in [1.29, 1.82) is 0 Å². The molecule has 12 rings (SSSR count). The Labute approximate surface area is 339 Å². The molecule has 2 aromatic heterocycles. The third-order valence-corrected chi connectivity index (χ3v) is 13.7. The van der Waals surface area contributed by atoms with Crippen molar-refractivity contribution in [3.63, 3.8) is 0 Å². The number of hydrogen-bond donors (Lipinski definition) is 0. The lowest BCUT2D eigenvalue weighted by Crippen LogP contribution is -2.28. The summed E-state index contributed by atoms with van der Waals surface area (Å²) in [6.07, 6.45) is 6.41. The van der Waals surface area contributed by atoms with E-state index in [1.165, 1.54) is 76.6 Å². The van der Waals surface area contributed by atoms with Gasteiger partial charge in [-0.1, -0.05) is 142 Å². The Hall–Kier alpha value is -6.58. The molecule has 0 N–H and O–H groups in total. The van der Waals surface area contributed by atoms with Crippen molar-refractivity contribution in [2.24, 2.45) is 0 Å². The minimum Gasteiger partial charge on any atom is -0.456 e. The zero-order valence-corrected chi connectivity index (χ0v) is 32.8. The molecule has 0 unspecified atom stereocenters. The van der Waals surface area contributed by atoms with E-state index in [-0.39, 0.29) is 10.8 Å². The molecule has 0 radical (unpaired) electrons. The van der Waals surface area contributed by atoms with Crippen molar-refractivity contribution in [2.75, 3.05) is 0 Å². The number of benzene rings is 7. The van der Waals surface area contributed by atoms with Crippen molar-refractivity contribution in [1.82, 2.24) is 9.97 Å². The highest BCUT2D eigenvalue weighted by Crippen LogP contribution is 2.60. The van der Waals surface area contributed by atoms with Crippen molar-refractivity contribution in [2.45, 2.75) is 56.8 Å². The van der Waals surface area contributed by atoms with Crippen LogP contribution in [0.4, 0.5) is 0 Å². The molecule has 1 fully saturated rings. The third-order valence-electron chi connectivity index (χ3n) is 13.7. The van der Waals surface area contributed by atoms with E-state index in [4.69, 9.17) is 14.4 Å². The van der Waals surface area contributed by atoms with E-state index in [1.807, 2.05) is 30.3 Å². The van der Waals surface area contributed by atoms with Gasteiger partial charge in [0.05, 0.1) is 11.4 Å². The van der Waals surface area contributed by atoms with Gasteiger partial charge in [-0.05, 0) is 117 Å². The van der Waals surface area contributed by atoms with Crippen LogP contribution in [0.2, 0.25) is 0 Å². The summed E-state index contributed by atoms with van der Waals surface area (Å²) in [4.78, 5) is 10.3. The van der Waals surface area contributed by atoms with E-state index < -0.39 is 0 Å². The quantitative estimate of drug-likeness (QED) is 0.180. The van der Waals surface area contributed by atoms with E-state index in [0.29, 0.717) is 5.82 Å². The van der Waals surface area contributed by atoms with Crippen LogP contribution in [-0.4, -0.2) is 9.97 Å². The Balaban J connectivity index is 0.969. The Bertz CT molecular complexity index is 3130. The van der Waals surface area contributed by atoms with Gasteiger partial charge in [0.15, 0.2) is 5.82 Å². The fourth-order valence-corrected chi connectivity index (χ4v) is 10.8. The second-order valence-corrected chi connectivity index (χ2v) is 17.2. The summed E-state index contributed by atoms with van der Waals surface area (Å²) in [6.45, 7) is 4.81. The maximum atomic E-state index is 6.30. The molecule has 3 aliphatic carbocycles. The molecule has 3 aliphatic rings. The first kappa shape index (κ1) is 33.5. The van der Waals surface area contributed by atoms with Crippen molar-refractivity contribution in [3.8, 4) is 67.3 Å². The standard InChI is InChI=1S/C55H42N2O/c1-54(2)45-25-23-36(29-42(45)44-32-48-43(31-47(44)54)39-18-7-9-20-46(39)55(48)26-11-4-12-27-55)35-16-13-17-37(28-35)49-33-50(57-53(56-49)34-14-5-3-6-15-34)38-22-24-41-40-19-8-10-21-51(40)58-52(41)30-38/h3,5-10,13-25,28-33H,4,11-12,26-27H2,1-2H3. The zero-order chi connectivity index (χ0) is 38.6. The topological polar surface area (TPSA) is 38.9 Å². The largest absolute Gasteiger partial charge is 0.456 e. The zero-order valence-electron chi connectivity index (χ0n) is 32.8. The maximum absolute atomic E-state index is 6.30. The second-order valence-electron chi connectivity index (χ2n) is 17.2. The summed E-state index contributed by atoms with van der Waals surface area (Å²) in [5, 5.41) is 2.23. The molecule has 7 aromatic carbocycles. The fourth-order valence-electron chi connectivity index (χ4n) is 10.8. The number of nitrogens with zero attached hydrogens (tertiary/aromatic N) is 2. The Morgan fingerprint density at radius 2 is 1.05 bits per heavy atom. The second kappa shape index (κ2) is 12.5. The summed E-state index contributed by atoms with van der Waals surface area (Å²) in [7, 11) is 0. The lowest BCUT2D eigenvalue weighted by molar-refractivity contribution is 0.353. The van der Waals surface area contributed by atoms with Crippen molar-refractivity contribution >= 4 is 21.9 Å². The van der Waals surface area contributed by atoms with Gasteiger partial charge in [0.2, 0.25) is 0 Å². The molecule has 0 saturated heterocycles. The van der Waals surface area contributed by atoms with Crippen molar-refractivity contribution in [3.05, 3.63) is 180 Å². The Morgan fingerprint density at radius 1 is 0.414 bits per heavy atom. The minimum atomic E-state index is -0.0894. The lowest BCUT2D eigenvalue weighted by Gasteiger charge is -2.36. The monoisotopic (exact) mass is 746 g/mol. The molecule has 9 aromatic rings. The summed E-state index contributed by atoms with van der Waals surface area (Å²) >= 11 is 0. The Morgan fingerprint density at radius 3 is 1.91 bits per heavy atom. The van der Waals surface area contributed by atoms with Crippen LogP contribution in [0.25, 0.3) is 89.2 Å². The van der Waals surface area contributed by atoms with Crippen molar-refractivity contribution < 1.29 is 4.42 Å². The van der Waals surface area contributed by atoms with Gasteiger partial charge in [-0.3, -0.25) is 0 Å². The molecule has 1 saturated carbocycles. The van der Waals surface area contributed by atoms with Gasteiger partial charge in [0.1, 0.15) is 11.2 Å². The van der Waals surface area contributed by atoms with Crippen LogP contribution in [0, 0.1) is 0 Å². The van der Waals surface area contributed by atoms with Gasteiger partial charge >= 0.3 is 0 Å². The number of rotatable bonds is 4. The summed E-state index contributed by atoms with van der Waals surface area (Å²) in [5.74, 6) is 0.699. The van der Waals surface area contributed by atoms with E-state index in [1.54, 1.807) is 11.1 Å². The predicted octanol–water partition coefficient (Wildman–Crippen LogP) is 14.6. The number of hydrogen-bond acceptors (Lipinski definition) is 3. The molecule has 0 atom stereocenters. The maximum Gasteiger partial charge on any atom is 0.160 e. The van der Waals surface area contributed by atoms with Crippen LogP contribution >= 0.6 is 0 Å². The van der Waals surface area contributed by atoms with Gasteiger partial charge in [-0.25, -0.2) is 9.97 Å². The van der Waals surface area contributed by atoms with E-state index in [9.17, 15) is 0 Å². The third kappa shape index (κ3) is 4.92. The Kier molecular flexibility index (Phi) is 7.21. The highest BCUT2D eigenvalue weighted by Gasteiger charge is 2.46. The van der Waals surface area contributed by atoms with Crippen LogP contribution in [0.15, 0.2) is 162 Å². The van der Waals surface area contributed by atoms with Gasteiger partial charge in [-0.2, -0.15) is 0 Å². The van der Waals surface area contributed by atoms with Crippen LogP contribution < -0.4 is 0 Å². The summed E-state index contributed by atoms with van der Waals surface area (Å²) in [6, 6.07) is 57.5. The number of para-hydroxylation sites is 1. The molecule has 3 nitrogen and oxygen atoms in total. The molecular weight excluding hydrogens is 705 g/mol. The highest BCUT2D eigenvalue weighted by molar-refractivity contribution is 6.06. The first-order valence-corrected chi connectivity index (χ1v) is 20.9. The first-order chi connectivity index (χ1) is 28.4. The summed E-state index contributed by atoms with van der Waals surface area (Å²) in [5.41, 5.74) is 20.6. The van der Waals surface area contributed by atoms with Gasteiger partial charge < -0.3 is 4.42 Å². The molecule has 0 bridgehead atoms. The molecule has 2 heterocycles.